The third-order valence-electron chi connectivity index (χ3n) is 4.05. The van der Waals surface area contributed by atoms with Crippen LogP contribution < -0.4 is 5.73 Å². The van der Waals surface area contributed by atoms with Gasteiger partial charge in [-0.3, -0.25) is 0 Å². The van der Waals surface area contributed by atoms with Gasteiger partial charge in [0.1, 0.15) is 0 Å². The summed E-state index contributed by atoms with van der Waals surface area (Å²) < 4.78 is 0. The van der Waals surface area contributed by atoms with Gasteiger partial charge in [-0.1, -0.05) is 31.0 Å². The first kappa shape index (κ1) is 16.2. The van der Waals surface area contributed by atoms with E-state index in [2.05, 4.69) is 58.7 Å². The van der Waals surface area contributed by atoms with Crippen molar-refractivity contribution in [2.45, 2.75) is 59.5 Å². The Bertz CT molecular complexity index is 389. The number of nitrogens with two attached hydrogens (primary N) is 1. The molecule has 0 radical (unpaired) electrons. The van der Waals surface area contributed by atoms with E-state index in [9.17, 15) is 0 Å². The lowest BCUT2D eigenvalue weighted by molar-refractivity contribution is 0.231. The maximum Gasteiger partial charge on any atom is 0.0429 e. The number of benzene rings is 1. The Morgan fingerprint density at radius 3 is 2.16 bits per heavy atom. The summed E-state index contributed by atoms with van der Waals surface area (Å²) in [5.41, 5.74) is 11.7. The molecular weight excluding hydrogens is 232 g/mol. The van der Waals surface area contributed by atoms with E-state index in [0.717, 1.165) is 6.54 Å². The molecule has 0 aromatic heterocycles. The molecule has 2 atom stereocenters. The van der Waals surface area contributed by atoms with Crippen molar-refractivity contribution in [2.75, 3.05) is 13.6 Å². The Kier molecular flexibility index (Phi) is 6.02. The van der Waals surface area contributed by atoms with Crippen LogP contribution in [0.1, 0.15) is 55.0 Å². The molecule has 0 bridgehead atoms. The number of hydrogen-bond donors (Lipinski definition) is 1. The zero-order valence-corrected chi connectivity index (χ0v) is 13.5. The molecule has 1 aromatic carbocycles. The highest BCUT2D eigenvalue weighted by molar-refractivity contribution is 5.39. The van der Waals surface area contributed by atoms with E-state index in [1.165, 1.54) is 35.1 Å². The summed E-state index contributed by atoms with van der Waals surface area (Å²) in [5.74, 6) is 0. The maximum atomic E-state index is 6.44. The molecule has 1 rings (SSSR count). The molecule has 0 aliphatic heterocycles. The Hall–Kier alpha value is -0.860. The van der Waals surface area contributed by atoms with Crippen LogP contribution in [0.3, 0.4) is 0 Å². The summed E-state index contributed by atoms with van der Waals surface area (Å²) in [6.45, 7) is 11.9. The number of aryl methyl sites for hydroxylation is 3. The van der Waals surface area contributed by atoms with Crippen LogP contribution in [0.15, 0.2) is 12.1 Å². The van der Waals surface area contributed by atoms with E-state index in [1.54, 1.807) is 0 Å². The van der Waals surface area contributed by atoms with E-state index in [1.807, 2.05) is 0 Å². The molecular formula is C17H30N2. The fraction of sp³-hybridized carbons (Fsp3) is 0.647. The van der Waals surface area contributed by atoms with Crippen LogP contribution in [0.4, 0.5) is 0 Å². The van der Waals surface area contributed by atoms with Gasteiger partial charge in [-0.05, 0) is 57.9 Å². The molecule has 2 unspecified atom stereocenters. The van der Waals surface area contributed by atoms with Crippen molar-refractivity contribution in [3.63, 3.8) is 0 Å². The van der Waals surface area contributed by atoms with Gasteiger partial charge in [-0.25, -0.2) is 0 Å². The van der Waals surface area contributed by atoms with Crippen molar-refractivity contribution < 1.29 is 0 Å². The van der Waals surface area contributed by atoms with Gasteiger partial charge in [-0.2, -0.15) is 0 Å². The Morgan fingerprint density at radius 2 is 1.68 bits per heavy atom. The lowest BCUT2D eigenvalue weighted by Crippen LogP contribution is -2.36. The first-order valence-corrected chi connectivity index (χ1v) is 7.40. The molecule has 19 heavy (non-hydrogen) atoms. The Morgan fingerprint density at radius 1 is 1.16 bits per heavy atom. The van der Waals surface area contributed by atoms with Crippen LogP contribution >= 0.6 is 0 Å². The van der Waals surface area contributed by atoms with Crippen molar-refractivity contribution in [3.05, 3.63) is 34.4 Å². The van der Waals surface area contributed by atoms with Crippen molar-refractivity contribution in [3.8, 4) is 0 Å². The highest BCUT2D eigenvalue weighted by Gasteiger charge is 2.17. The minimum absolute atomic E-state index is 0.102. The summed E-state index contributed by atoms with van der Waals surface area (Å²) in [5, 5.41) is 0. The second kappa shape index (κ2) is 7.06. The zero-order valence-electron chi connectivity index (χ0n) is 13.5. The van der Waals surface area contributed by atoms with E-state index in [-0.39, 0.29) is 6.04 Å². The van der Waals surface area contributed by atoms with E-state index < -0.39 is 0 Å². The van der Waals surface area contributed by atoms with Crippen LogP contribution in [0.25, 0.3) is 0 Å². The van der Waals surface area contributed by atoms with Gasteiger partial charge >= 0.3 is 0 Å². The van der Waals surface area contributed by atoms with Crippen molar-refractivity contribution in [1.82, 2.24) is 4.90 Å². The third-order valence-corrected chi connectivity index (χ3v) is 4.05. The summed E-state index contributed by atoms with van der Waals surface area (Å²) in [4.78, 5) is 2.38. The van der Waals surface area contributed by atoms with E-state index in [0.29, 0.717) is 6.04 Å². The van der Waals surface area contributed by atoms with Crippen LogP contribution in [0, 0.1) is 20.8 Å². The quantitative estimate of drug-likeness (QED) is 0.846. The molecule has 1 aromatic rings. The van der Waals surface area contributed by atoms with Crippen LogP contribution in [-0.2, 0) is 0 Å². The zero-order chi connectivity index (χ0) is 14.6. The molecule has 0 heterocycles. The maximum absolute atomic E-state index is 6.44. The fourth-order valence-electron chi connectivity index (χ4n) is 3.00. The van der Waals surface area contributed by atoms with Gasteiger partial charge in [0.2, 0.25) is 0 Å². The van der Waals surface area contributed by atoms with Gasteiger partial charge in [0.15, 0.2) is 0 Å². The summed E-state index contributed by atoms with van der Waals surface area (Å²) >= 11 is 0. The first-order chi connectivity index (χ1) is 8.86. The largest absolute Gasteiger partial charge is 0.323 e. The second-order valence-corrected chi connectivity index (χ2v) is 6.00. The summed E-state index contributed by atoms with van der Waals surface area (Å²) in [7, 11) is 2.18. The molecule has 0 spiro atoms. The molecule has 0 aliphatic rings. The highest BCUT2D eigenvalue weighted by Crippen LogP contribution is 2.23. The minimum Gasteiger partial charge on any atom is -0.323 e. The van der Waals surface area contributed by atoms with Gasteiger partial charge in [-0.15, -0.1) is 0 Å². The molecule has 108 valence electrons. The van der Waals surface area contributed by atoms with Crippen LogP contribution in [-0.4, -0.2) is 24.5 Å². The Balaban J connectivity index is 2.81. The standard InChI is InChI=1S/C17H30N2/c1-7-8-15(5)19(6)11-16(18)17-13(3)9-12(2)10-14(17)4/h9-10,15-16H,7-8,11,18H2,1-6H3. The summed E-state index contributed by atoms with van der Waals surface area (Å²) in [6.07, 6.45) is 2.46. The molecule has 0 saturated heterocycles. The molecule has 2 N–H and O–H groups in total. The monoisotopic (exact) mass is 262 g/mol. The van der Waals surface area contributed by atoms with Gasteiger partial charge in [0, 0.05) is 18.6 Å². The minimum atomic E-state index is 0.102. The topological polar surface area (TPSA) is 29.3 Å². The Labute approximate surface area is 119 Å². The number of nitrogens with zero attached hydrogens (tertiary/aromatic N) is 1. The number of likely N-dealkylation sites (N-methyl/N-ethyl adjacent to an activating group) is 1. The third kappa shape index (κ3) is 4.32. The molecule has 0 saturated carbocycles. The smallest absolute Gasteiger partial charge is 0.0429 e. The normalized spacial score (nSPS) is 14.7. The predicted molar refractivity (Wildman–Crippen MR) is 84.6 cm³/mol. The van der Waals surface area contributed by atoms with Crippen molar-refractivity contribution in [2.24, 2.45) is 5.73 Å². The number of hydrogen-bond acceptors (Lipinski definition) is 2. The average molecular weight is 262 g/mol. The second-order valence-electron chi connectivity index (χ2n) is 6.00. The molecule has 0 fully saturated rings. The highest BCUT2D eigenvalue weighted by atomic mass is 15.1. The van der Waals surface area contributed by atoms with E-state index in [4.69, 9.17) is 5.73 Å². The van der Waals surface area contributed by atoms with Gasteiger partial charge in [0.05, 0.1) is 0 Å². The average Bonchev–Trinajstić information content (AvgIpc) is 2.27. The fourth-order valence-corrected chi connectivity index (χ4v) is 3.00. The van der Waals surface area contributed by atoms with Crippen LogP contribution in [0.2, 0.25) is 0 Å². The van der Waals surface area contributed by atoms with Gasteiger partial charge in [0.25, 0.3) is 0 Å². The van der Waals surface area contributed by atoms with Crippen molar-refractivity contribution >= 4 is 0 Å². The van der Waals surface area contributed by atoms with E-state index >= 15 is 0 Å². The lowest BCUT2D eigenvalue weighted by Gasteiger charge is -2.29. The lowest BCUT2D eigenvalue weighted by atomic mass is 9.94. The number of rotatable bonds is 6. The molecule has 0 aliphatic carbocycles. The van der Waals surface area contributed by atoms with Crippen molar-refractivity contribution in [1.29, 1.82) is 0 Å². The molecule has 0 amide bonds. The SMILES string of the molecule is CCCC(C)N(C)CC(N)c1c(C)cc(C)cc1C. The van der Waals surface area contributed by atoms with Gasteiger partial charge < -0.3 is 10.6 Å². The molecule has 2 nitrogen and oxygen atoms in total. The first-order valence-electron chi connectivity index (χ1n) is 7.40. The predicted octanol–water partition coefficient (Wildman–Crippen LogP) is 3.73. The summed E-state index contributed by atoms with van der Waals surface area (Å²) in [6, 6.07) is 5.17. The molecule has 2 heteroatoms. The van der Waals surface area contributed by atoms with Crippen LogP contribution in [0.5, 0.6) is 0 Å².